The van der Waals surface area contributed by atoms with Crippen molar-refractivity contribution in [2.75, 3.05) is 65.9 Å². The molecule has 9 nitrogen and oxygen atoms in total. The van der Waals surface area contributed by atoms with Gasteiger partial charge in [0.15, 0.2) is 0 Å². The molecule has 0 rings (SSSR count). The van der Waals surface area contributed by atoms with Crippen molar-refractivity contribution in [2.24, 2.45) is 5.73 Å². The predicted molar refractivity (Wildman–Crippen MR) is 100 cm³/mol. The fourth-order valence-corrected chi connectivity index (χ4v) is 1.79. The van der Waals surface area contributed by atoms with E-state index in [4.69, 9.17) is 29.4 Å². The zero-order valence-corrected chi connectivity index (χ0v) is 16.9. The summed E-state index contributed by atoms with van der Waals surface area (Å²) in [7, 11) is 0. The molecule has 0 bridgehead atoms. The highest BCUT2D eigenvalue weighted by atomic mass is 16.6. The average molecular weight is 392 g/mol. The molecule has 3 N–H and O–H groups in total. The van der Waals surface area contributed by atoms with Gasteiger partial charge in [0.1, 0.15) is 5.60 Å². The van der Waals surface area contributed by atoms with E-state index in [1.165, 1.54) is 0 Å². The van der Waals surface area contributed by atoms with Crippen LogP contribution in [0, 0.1) is 0 Å². The number of amides is 1. The monoisotopic (exact) mass is 392 g/mol. The van der Waals surface area contributed by atoms with E-state index < -0.39 is 5.60 Å². The maximum absolute atomic E-state index is 11.6. The molecule has 0 aromatic carbocycles. The van der Waals surface area contributed by atoms with Crippen LogP contribution in [0.15, 0.2) is 0 Å². The SMILES string of the molecule is CC(C)(C)OC(=O)CCOCCOCCNC(=O)CCOCCOCCN. The lowest BCUT2D eigenvalue weighted by molar-refractivity contribution is -0.156. The average Bonchev–Trinajstić information content (AvgIpc) is 2.58. The summed E-state index contributed by atoms with van der Waals surface area (Å²) < 4.78 is 26.2. The Morgan fingerprint density at radius 2 is 1.30 bits per heavy atom. The third-order valence-electron chi connectivity index (χ3n) is 2.92. The molecule has 0 aliphatic heterocycles. The first kappa shape index (κ1) is 25.7. The molecule has 0 aromatic rings. The van der Waals surface area contributed by atoms with E-state index in [1.54, 1.807) is 0 Å². The molecule has 0 aliphatic rings. The first-order valence-electron chi connectivity index (χ1n) is 9.34. The number of carbonyl (C=O) groups is 2. The molecule has 0 aromatic heterocycles. The zero-order valence-electron chi connectivity index (χ0n) is 16.9. The van der Waals surface area contributed by atoms with E-state index in [0.29, 0.717) is 72.4 Å². The van der Waals surface area contributed by atoms with Gasteiger partial charge in [-0.15, -0.1) is 0 Å². The van der Waals surface area contributed by atoms with Gasteiger partial charge in [0.2, 0.25) is 5.91 Å². The minimum atomic E-state index is -0.477. The van der Waals surface area contributed by atoms with Gasteiger partial charge in [-0.1, -0.05) is 0 Å². The number of hydrogen-bond acceptors (Lipinski definition) is 8. The number of esters is 1. The Balaban J connectivity index is 3.30. The minimum absolute atomic E-state index is 0.0879. The molecule has 0 saturated carbocycles. The smallest absolute Gasteiger partial charge is 0.308 e. The van der Waals surface area contributed by atoms with Crippen molar-refractivity contribution in [3.63, 3.8) is 0 Å². The summed E-state index contributed by atoms with van der Waals surface area (Å²) in [5, 5.41) is 2.74. The Bertz CT molecular complexity index is 386. The van der Waals surface area contributed by atoms with Gasteiger partial charge in [0.05, 0.1) is 59.3 Å². The molecular weight excluding hydrogens is 356 g/mol. The molecule has 0 unspecified atom stereocenters. The van der Waals surface area contributed by atoms with Crippen molar-refractivity contribution in [1.82, 2.24) is 5.32 Å². The van der Waals surface area contributed by atoms with Gasteiger partial charge in [0.25, 0.3) is 0 Å². The van der Waals surface area contributed by atoms with E-state index in [9.17, 15) is 9.59 Å². The van der Waals surface area contributed by atoms with Crippen LogP contribution in [0.1, 0.15) is 33.6 Å². The second kappa shape index (κ2) is 16.9. The van der Waals surface area contributed by atoms with Crippen LogP contribution < -0.4 is 11.1 Å². The van der Waals surface area contributed by atoms with E-state index in [-0.39, 0.29) is 18.3 Å². The number of hydrogen-bond donors (Lipinski definition) is 2. The molecule has 0 radical (unpaired) electrons. The molecule has 0 aliphatic carbocycles. The van der Waals surface area contributed by atoms with Crippen LogP contribution in [0.2, 0.25) is 0 Å². The van der Waals surface area contributed by atoms with E-state index in [1.807, 2.05) is 20.8 Å². The minimum Gasteiger partial charge on any atom is -0.460 e. The molecule has 0 heterocycles. The summed E-state index contributed by atoms with van der Waals surface area (Å²) in [5.41, 5.74) is 4.81. The molecule has 1 amide bonds. The summed E-state index contributed by atoms with van der Waals surface area (Å²) in [4.78, 5) is 23.0. The van der Waals surface area contributed by atoms with Gasteiger partial charge >= 0.3 is 5.97 Å². The van der Waals surface area contributed by atoms with E-state index >= 15 is 0 Å². The second-order valence-corrected chi connectivity index (χ2v) is 6.67. The topological polar surface area (TPSA) is 118 Å². The molecule has 0 saturated heterocycles. The maximum atomic E-state index is 11.6. The summed E-state index contributed by atoms with van der Waals surface area (Å²) in [6.45, 7) is 9.66. The second-order valence-electron chi connectivity index (χ2n) is 6.67. The third kappa shape index (κ3) is 20.9. The van der Waals surface area contributed by atoms with Gasteiger partial charge in [0, 0.05) is 19.5 Å². The van der Waals surface area contributed by atoms with Crippen molar-refractivity contribution >= 4 is 11.9 Å². The maximum Gasteiger partial charge on any atom is 0.308 e. The largest absolute Gasteiger partial charge is 0.460 e. The molecule has 0 spiro atoms. The van der Waals surface area contributed by atoms with Crippen LogP contribution in [0.4, 0.5) is 0 Å². The fourth-order valence-electron chi connectivity index (χ4n) is 1.79. The van der Waals surface area contributed by atoms with Crippen LogP contribution in [-0.2, 0) is 33.3 Å². The van der Waals surface area contributed by atoms with Gasteiger partial charge in [-0.05, 0) is 20.8 Å². The highest BCUT2D eigenvalue weighted by molar-refractivity contribution is 5.75. The third-order valence-corrected chi connectivity index (χ3v) is 2.92. The van der Waals surface area contributed by atoms with Gasteiger partial charge in [-0.3, -0.25) is 9.59 Å². The van der Waals surface area contributed by atoms with Crippen LogP contribution in [-0.4, -0.2) is 83.4 Å². The van der Waals surface area contributed by atoms with Crippen molar-refractivity contribution in [3.8, 4) is 0 Å². The van der Waals surface area contributed by atoms with Crippen LogP contribution in [0.25, 0.3) is 0 Å². The van der Waals surface area contributed by atoms with Crippen molar-refractivity contribution < 1.29 is 33.3 Å². The van der Waals surface area contributed by atoms with Crippen molar-refractivity contribution in [1.29, 1.82) is 0 Å². The predicted octanol–water partition coefficient (Wildman–Crippen LogP) is 0.250. The van der Waals surface area contributed by atoms with Crippen molar-refractivity contribution in [2.45, 2.75) is 39.2 Å². The Kier molecular flexibility index (Phi) is 16.1. The normalized spacial score (nSPS) is 11.4. The Labute approximate surface area is 162 Å². The standard InChI is InChI=1S/C18H36N2O7/c1-18(2,3)27-17(22)5-9-24-13-15-26-11-7-20-16(21)4-8-23-12-14-25-10-6-19/h4-15,19H2,1-3H3,(H,20,21). The lowest BCUT2D eigenvalue weighted by Gasteiger charge is -2.19. The Morgan fingerprint density at radius 3 is 1.85 bits per heavy atom. The zero-order chi connectivity index (χ0) is 20.4. The molecule has 9 heteroatoms. The highest BCUT2D eigenvalue weighted by Crippen LogP contribution is 2.07. The first-order valence-corrected chi connectivity index (χ1v) is 9.34. The van der Waals surface area contributed by atoms with Crippen molar-refractivity contribution in [3.05, 3.63) is 0 Å². The Morgan fingerprint density at radius 1 is 0.778 bits per heavy atom. The number of nitrogens with one attached hydrogen (secondary N) is 1. The molecule has 27 heavy (non-hydrogen) atoms. The molecule has 160 valence electrons. The van der Waals surface area contributed by atoms with Crippen LogP contribution >= 0.6 is 0 Å². The van der Waals surface area contributed by atoms with Gasteiger partial charge < -0.3 is 34.7 Å². The van der Waals surface area contributed by atoms with Crippen LogP contribution in [0.3, 0.4) is 0 Å². The number of ether oxygens (including phenoxy) is 5. The van der Waals surface area contributed by atoms with E-state index in [2.05, 4.69) is 5.32 Å². The number of carbonyl (C=O) groups excluding carboxylic acids is 2. The molecular formula is C18H36N2O7. The van der Waals surface area contributed by atoms with Gasteiger partial charge in [-0.2, -0.15) is 0 Å². The first-order chi connectivity index (χ1) is 12.8. The molecule has 0 atom stereocenters. The molecule has 0 fully saturated rings. The lowest BCUT2D eigenvalue weighted by Crippen LogP contribution is -2.28. The quantitative estimate of drug-likeness (QED) is 0.267. The van der Waals surface area contributed by atoms with Crippen LogP contribution in [0.5, 0.6) is 0 Å². The lowest BCUT2D eigenvalue weighted by atomic mass is 10.2. The fraction of sp³-hybridized carbons (Fsp3) is 0.889. The summed E-state index contributed by atoms with van der Waals surface area (Å²) in [6.07, 6.45) is 0.513. The summed E-state index contributed by atoms with van der Waals surface area (Å²) in [6, 6.07) is 0. The summed E-state index contributed by atoms with van der Waals surface area (Å²) >= 11 is 0. The number of nitrogens with two attached hydrogens (primary N) is 1. The highest BCUT2D eigenvalue weighted by Gasteiger charge is 2.15. The van der Waals surface area contributed by atoms with E-state index in [0.717, 1.165) is 0 Å². The summed E-state index contributed by atoms with van der Waals surface area (Å²) in [5.74, 6) is -0.367. The Hall–Kier alpha value is -1.26. The number of rotatable bonds is 17. The van der Waals surface area contributed by atoms with Gasteiger partial charge in [-0.25, -0.2) is 0 Å².